The van der Waals surface area contributed by atoms with Gasteiger partial charge in [-0.1, -0.05) is 17.2 Å². The van der Waals surface area contributed by atoms with Crippen molar-refractivity contribution in [1.29, 1.82) is 0 Å². The first kappa shape index (κ1) is 19.2. The maximum Gasteiger partial charge on any atom is 0.253 e. The number of hydrogen-bond acceptors (Lipinski definition) is 4. The SMILES string of the molecule is Cc1cc(C)cc(C(=O)N2CCCC(C(=O)Nc3ccc4oc(C)nc4c3)C2)c1. The van der Waals surface area contributed by atoms with Gasteiger partial charge in [-0.3, -0.25) is 9.59 Å². The summed E-state index contributed by atoms with van der Waals surface area (Å²) in [5, 5.41) is 2.97. The third kappa shape index (κ3) is 4.16. The molecule has 1 atom stereocenters. The lowest BCUT2D eigenvalue weighted by Gasteiger charge is -2.32. The van der Waals surface area contributed by atoms with E-state index in [1.807, 2.05) is 44.2 Å². The molecule has 2 amide bonds. The molecular formula is C23H25N3O3. The minimum atomic E-state index is -0.228. The van der Waals surface area contributed by atoms with E-state index in [0.717, 1.165) is 29.5 Å². The maximum absolute atomic E-state index is 13.0. The van der Waals surface area contributed by atoms with Crippen molar-refractivity contribution in [3.63, 3.8) is 0 Å². The summed E-state index contributed by atoms with van der Waals surface area (Å²) in [6.07, 6.45) is 1.59. The number of piperidine rings is 1. The fourth-order valence-corrected chi connectivity index (χ4v) is 4.02. The van der Waals surface area contributed by atoms with Crippen LogP contribution in [0.5, 0.6) is 0 Å². The van der Waals surface area contributed by atoms with E-state index >= 15 is 0 Å². The van der Waals surface area contributed by atoms with E-state index in [0.29, 0.717) is 35.8 Å². The summed E-state index contributed by atoms with van der Waals surface area (Å²) < 4.78 is 5.48. The number of carbonyl (C=O) groups excluding carboxylic acids is 2. The fraction of sp³-hybridized carbons (Fsp3) is 0.348. The summed E-state index contributed by atoms with van der Waals surface area (Å²) in [7, 11) is 0. The molecule has 2 aromatic carbocycles. The highest BCUT2D eigenvalue weighted by Crippen LogP contribution is 2.23. The van der Waals surface area contributed by atoms with Gasteiger partial charge in [-0.2, -0.15) is 0 Å². The Morgan fingerprint density at radius 3 is 2.62 bits per heavy atom. The van der Waals surface area contributed by atoms with Crippen LogP contribution in [0.15, 0.2) is 40.8 Å². The summed E-state index contributed by atoms with van der Waals surface area (Å²) >= 11 is 0. The van der Waals surface area contributed by atoms with Crippen LogP contribution >= 0.6 is 0 Å². The second-order valence-corrected chi connectivity index (χ2v) is 7.87. The molecule has 0 aliphatic carbocycles. The lowest BCUT2D eigenvalue weighted by atomic mass is 9.96. The minimum absolute atomic E-state index is 0.00575. The van der Waals surface area contributed by atoms with Crippen molar-refractivity contribution < 1.29 is 14.0 Å². The van der Waals surface area contributed by atoms with Crippen molar-refractivity contribution in [3.8, 4) is 0 Å². The number of hydrogen-bond donors (Lipinski definition) is 1. The number of anilines is 1. The number of carbonyl (C=O) groups is 2. The molecule has 0 spiro atoms. The molecule has 29 heavy (non-hydrogen) atoms. The van der Waals surface area contributed by atoms with Gasteiger partial charge in [0, 0.05) is 31.3 Å². The Balaban J connectivity index is 1.45. The van der Waals surface area contributed by atoms with Crippen LogP contribution in [0.2, 0.25) is 0 Å². The number of amides is 2. The van der Waals surface area contributed by atoms with Crippen LogP contribution < -0.4 is 5.32 Å². The van der Waals surface area contributed by atoms with Crippen LogP contribution in [0.3, 0.4) is 0 Å². The zero-order chi connectivity index (χ0) is 20.5. The minimum Gasteiger partial charge on any atom is -0.441 e. The average Bonchev–Trinajstić information content (AvgIpc) is 3.06. The highest BCUT2D eigenvalue weighted by molar-refractivity contribution is 5.97. The molecule has 0 bridgehead atoms. The maximum atomic E-state index is 13.0. The van der Waals surface area contributed by atoms with Gasteiger partial charge in [0.2, 0.25) is 5.91 Å². The van der Waals surface area contributed by atoms with Gasteiger partial charge in [0.25, 0.3) is 5.91 Å². The molecule has 3 aromatic rings. The molecule has 150 valence electrons. The van der Waals surface area contributed by atoms with Gasteiger partial charge in [-0.25, -0.2) is 4.98 Å². The molecule has 0 radical (unpaired) electrons. The molecule has 6 nitrogen and oxygen atoms in total. The van der Waals surface area contributed by atoms with Crippen molar-refractivity contribution in [2.75, 3.05) is 18.4 Å². The molecular weight excluding hydrogens is 366 g/mol. The van der Waals surface area contributed by atoms with Gasteiger partial charge in [-0.15, -0.1) is 0 Å². The number of aryl methyl sites for hydroxylation is 3. The third-order valence-corrected chi connectivity index (χ3v) is 5.31. The van der Waals surface area contributed by atoms with Crippen molar-refractivity contribution in [1.82, 2.24) is 9.88 Å². The lowest BCUT2D eigenvalue weighted by molar-refractivity contribution is -0.121. The molecule has 1 aliphatic heterocycles. The standard InChI is InChI=1S/C23H25N3O3/c1-14-9-15(2)11-18(10-14)23(28)26-8-4-5-17(13-26)22(27)25-19-6-7-21-20(12-19)24-16(3)29-21/h6-7,9-12,17H,4-5,8,13H2,1-3H3,(H,25,27). The Kier molecular flexibility index (Phi) is 5.09. The van der Waals surface area contributed by atoms with E-state index in [-0.39, 0.29) is 17.7 Å². The van der Waals surface area contributed by atoms with E-state index in [1.165, 1.54) is 0 Å². The van der Waals surface area contributed by atoms with E-state index in [4.69, 9.17) is 4.42 Å². The first-order valence-electron chi connectivity index (χ1n) is 9.95. The molecule has 1 aromatic heterocycles. The molecule has 1 aliphatic rings. The normalized spacial score (nSPS) is 16.8. The number of aromatic nitrogens is 1. The summed E-state index contributed by atoms with van der Waals surface area (Å²) in [5.74, 6) is 0.293. The highest BCUT2D eigenvalue weighted by Gasteiger charge is 2.29. The Morgan fingerprint density at radius 1 is 1.10 bits per heavy atom. The Hall–Kier alpha value is -3.15. The predicted octanol–water partition coefficient (Wildman–Crippen LogP) is 4.24. The summed E-state index contributed by atoms with van der Waals surface area (Å²) in [5.41, 5.74) is 4.93. The van der Waals surface area contributed by atoms with Crippen molar-refractivity contribution in [3.05, 3.63) is 59.0 Å². The van der Waals surface area contributed by atoms with Gasteiger partial charge in [0.05, 0.1) is 5.92 Å². The third-order valence-electron chi connectivity index (χ3n) is 5.31. The number of nitrogens with one attached hydrogen (secondary N) is 1. The summed E-state index contributed by atoms with van der Waals surface area (Å²) in [4.78, 5) is 31.9. The van der Waals surface area contributed by atoms with Crippen LogP contribution in [0.25, 0.3) is 11.1 Å². The quantitative estimate of drug-likeness (QED) is 0.724. The van der Waals surface area contributed by atoms with Crippen molar-refractivity contribution in [2.45, 2.75) is 33.6 Å². The first-order valence-corrected chi connectivity index (χ1v) is 9.95. The zero-order valence-corrected chi connectivity index (χ0v) is 17.0. The van der Waals surface area contributed by atoms with Gasteiger partial charge in [0.1, 0.15) is 5.52 Å². The summed E-state index contributed by atoms with van der Waals surface area (Å²) in [6, 6.07) is 11.3. The van der Waals surface area contributed by atoms with Crippen LogP contribution in [0, 0.1) is 26.7 Å². The van der Waals surface area contributed by atoms with Crippen LogP contribution in [-0.4, -0.2) is 34.8 Å². The van der Waals surface area contributed by atoms with E-state index < -0.39 is 0 Å². The van der Waals surface area contributed by atoms with E-state index in [2.05, 4.69) is 16.4 Å². The monoisotopic (exact) mass is 391 g/mol. The van der Waals surface area contributed by atoms with Gasteiger partial charge in [-0.05, 0) is 57.0 Å². The van der Waals surface area contributed by atoms with E-state index in [1.54, 1.807) is 11.8 Å². The Morgan fingerprint density at radius 2 is 1.86 bits per heavy atom. The molecule has 1 saturated heterocycles. The van der Waals surface area contributed by atoms with Crippen LogP contribution in [-0.2, 0) is 4.79 Å². The molecule has 1 fully saturated rings. The predicted molar refractivity (Wildman–Crippen MR) is 112 cm³/mol. The number of fused-ring (bicyclic) bond motifs is 1. The second-order valence-electron chi connectivity index (χ2n) is 7.87. The number of likely N-dealkylation sites (tertiary alicyclic amines) is 1. The molecule has 4 rings (SSSR count). The molecule has 1 unspecified atom stereocenters. The molecule has 6 heteroatoms. The van der Waals surface area contributed by atoms with Crippen LogP contribution in [0.4, 0.5) is 5.69 Å². The number of oxazole rings is 1. The average molecular weight is 391 g/mol. The Labute approximate surface area is 169 Å². The lowest BCUT2D eigenvalue weighted by Crippen LogP contribution is -2.43. The number of rotatable bonds is 3. The van der Waals surface area contributed by atoms with Crippen molar-refractivity contribution in [2.24, 2.45) is 5.92 Å². The van der Waals surface area contributed by atoms with E-state index in [9.17, 15) is 9.59 Å². The smallest absolute Gasteiger partial charge is 0.253 e. The molecule has 1 N–H and O–H groups in total. The summed E-state index contributed by atoms with van der Waals surface area (Å²) in [6.45, 7) is 6.89. The Bertz CT molecular complexity index is 1070. The zero-order valence-electron chi connectivity index (χ0n) is 17.0. The second kappa shape index (κ2) is 7.70. The highest BCUT2D eigenvalue weighted by atomic mass is 16.3. The first-order chi connectivity index (χ1) is 13.9. The van der Waals surface area contributed by atoms with Crippen LogP contribution in [0.1, 0.15) is 40.2 Å². The molecule has 0 saturated carbocycles. The largest absolute Gasteiger partial charge is 0.441 e. The fourth-order valence-electron chi connectivity index (χ4n) is 4.02. The molecule has 2 heterocycles. The van der Waals surface area contributed by atoms with Gasteiger partial charge in [0.15, 0.2) is 11.5 Å². The van der Waals surface area contributed by atoms with Gasteiger partial charge < -0.3 is 14.6 Å². The van der Waals surface area contributed by atoms with Gasteiger partial charge >= 0.3 is 0 Å². The number of benzene rings is 2. The number of nitrogens with zero attached hydrogens (tertiary/aromatic N) is 2. The van der Waals surface area contributed by atoms with Crippen molar-refractivity contribution >= 4 is 28.6 Å². The topological polar surface area (TPSA) is 75.4 Å².